The van der Waals surface area contributed by atoms with Gasteiger partial charge in [-0.15, -0.1) is 0 Å². The zero-order valence-electron chi connectivity index (χ0n) is 23.2. The fourth-order valence-corrected chi connectivity index (χ4v) is 4.69. The Morgan fingerprint density at radius 3 is 1.93 bits per heavy atom. The summed E-state index contributed by atoms with van der Waals surface area (Å²) in [6, 6.07) is 11.4. The van der Waals surface area contributed by atoms with Crippen LogP contribution in [0.3, 0.4) is 0 Å². The smallest absolute Gasteiger partial charge is 0.306 e. The van der Waals surface area contributed by atoms with Crippen LogP contribution in [0.5, 0.6) is 28.7 Å². The molecule has 0 unspecified atom stereocenters. The zero-order valence-corrected chi connectivity index (χ0v) is 24.8. The Bertz CT molecular complexity index is 1690. The van der Waals surface area contributed by atoms with Gasteiger partial charge in [-0.2, -0.15) is 16.8 Å². The topological polar surface area (TPSA) is 158 Å². The fraction of sp³-hybridized carbons (Fsp3) is 0.259. The van der Waals surface area contributed by atoms with E-state index in [0.29, 0.717) is 11.1 Å². The summed E-state index contributed by atoms with van der Waals surface area (Å²) in [5.74, 6) is -0.185. The van der Waals surface area contributed by atoms with Crippen LogP contribution in [0.4, 0.5) is 5.69 Å². The first kappa shape index (κ1) is 31.2. The molecule has 0 bridgehead atoms. The zero-order chi connectivity index (χ0) is 30.5. The molecule has 0 fully saturated rings. The minimum absolute atomic E-state index is 0.0189. The van der Waals surface area contributed by atoms with Crippen molar-refractivity contribution in [3.05, 3.63) is 70.3 Å². The van der Waals surface area contributed by atoms with E-state index in [2.05, 4.69) is 0 Å². The van der Waals surface area contributed by atoms with Gasteiger partial charge in [0.1, 0.15) is 12.4 Å². The monoisotopic (exact) mass is 607 g/mol. The number of hydrogen-bond acceptors (Lipinski definition) is 11. The first-order valence-electron chi connectivity index (χ1n) is 11.9. The molecular weight excluding hydrogens is 578 g/mol. The Kier molecular flexibility index (Phi) is 9.50. The highest BCUT2D eigenvalue weighted by atomic mass is 32.2. The van der Waals surface area contributed by atoms with Gasteiger partial charge in [0.15, 0.2) is 23.0 Å². The number of allylic oxidation sites excluding steroid dienone is 1. The van der Waals surface area contributed by atoms with Crippen LogP contribution in [0, 0.1) is 10.1 Å². The van der Waals surface area contributed by atoms with Crippen molar-refractivity contribution in [3.8, 4) is 51.0 Å². The minimum Gasteiger partial charge on any atom is -0.496 e. The molecule has 3 aromatic rings. The Labute approximate surface area is 238 Å². The molecule has 0 atom stereocenters. The predicted octanol–water partition coefficient (Wildman–Crippen LogP) is 4.97. The number of nitro groups is 1. The molecule has 0 radical (unpaired) electrons. The quantitative estimate of drug-likeness (QED) is 0.118. The van der Waals surface area contributed by atoms with Crippen LogP contribution >= 0.6 is 0 Å². The number of non-ortho nitro benzene ring substituents is 1. The van der Waals surface area contributed by atoms with Crippen molar-refractivity contribution in [2.75, 3.05) is 33.3 Å². The highest BCUT2D eigenvalue weighted by Crippen LogP contribution is 2.51. The van der Waals surface area contributed by atoms with Crippen LogP contribution in [0.1, 0.15) is 13.8 Å². The van der Waals surface area contributed by atoms with Gasteiger partial charge < -0.3 is 22.6 Å². The molecule has 0 aliphatic heterocycles. The van der Waals surface area contributed by atoms with Gasteiger partial charge >= 0.3 is 20.2 Å². The maximum atomic E-state index is 12.4. The van der Waals surface area contributed by atoms with Crippen molar-refractivity contribution in [1.29, 1.82) is 0 Å². The number of nitrogens with zero attached hydrogens (tertiary/aromatic N) is 1. The molecular formula is C27H29NO11S2. The van der Waals surface area contributed by atoms with Gasteiger partial charge in [0.05, 0.1) is 37.2 Å². The second-order valence-corrected chi connectivity index (χ2v) is 12.1. The van der Waals surface area contributed by atoms with E-state index in [1.807, 2.05) is 13.8 Å². The molecule has 0 saturated carbocycles. The average Bonchev–Trinajstić information content (AvgIpc) is 2.87. The van der Waals surface area contributed by atoms with Crippen molar-refractivity contribution >= 4 is 25.9 Å². The summed E-state index contributed by atoms with van der Waals surface area (Å²) in [7, 11) is -5.47. The van der Waals surface area contributed by atoms with E-state index in [1.165, 1.54) is 50.6 Å². The molecule has 3 rings (SSSR count). The van der Waals surface area contributed by atoms with Crippen LogP contribution in [0.25, 0.3) is 22.3 Å². The van der Waals surface area contributed by atoms with E-state index >= 15 is 0 Å². The number of benzene rings is 3. The maximum absolute atomic E-state index is 12.4. The lowest BCUT2D eigenvalue weighted by Crippen LogP contribution is -2.10. The van der Waals surface area contributed by atoms with Crippen molar-refractivity contribution < 1.29 is 44.3 Å². The first-order chi connectivity index (χ1) is 19.1. The lowest BCUT2D eigenvalue weighted by molar-refractivity contribution is -0.384. The van der Waals surface area contributed by atoms with Crippen molar-refractivity contribution in [3.63, 3.8) is 0 Å². The second-order valence-electron chi connectivity index (χ2n) is 9.00. The Balaban J connectivity index is 2.33. The molecule has 0 heterocycles. The summed E-state index contributed by atoms with van der Waals surface area (Å²) in [6.07, 6.45) is 3.51. The Morgan fingerprint density at radius 1 is 0.805 bits per heavy atom. The molecule has 3 aromatic carbocycles. The SMILES string of the molecule is COc1cc(-c2ccc([N+](=O)[O-])cc2)c(OC)c(OS(C)(=O)=O)c1-c1ccc(OCC=C(C)C)c(OS(C)(=O)=O)c1. The van der Waals surface area contributed by atoms with E-state index < -0.39 is 25.2 Å². The lowest BCUT2D eigenvalue weighted by atomic mass is 9.96. The Hall–Kier alpha value is -4.30. The van der Waals surface area contributed by atoms with Gasteiger partial charge in [0.2, 0.25) is 0 Å². The molecule has 0 aliphatic carbocycles. The van der Waals surface area contributed by atoms with Gasteiger partial charge in [0, 0.05) is 17.7 Å². The summed E-state index contributed by atoms with van der Waals surface area (Å²) in [5.41, 5.74) is 1.96. The van der Waals surface area contributed by atoms with Gasteiger partial charge in [0.25, 0.3) is 5.69 Å². The normalized spacial score (nSPS) is 11.4. The van der Waals surface area contributed by atoms with E-state index in [9.17, 15) is 26.9 Å². The van der Waals surface area contributed by atoms with Crippen molar-refractivity contribution in [2.24, 2.45) is 0 Å². The van der Waals surface area contributed by atoms with Gasteiger partial charge in [-0.3, -0.25) is 10.1 Å². The van der Waals surface area contributed by atoms with Gasteiger partial charge in [-0.05, 0) is 61.4 Å². The number of methoxy groups -OCH3 is 2. The minimum atomic E-state index is -4.13. The average molecular weight is 608 g/mol. The number of ether oxygens (including phenoxy) is 3. The summed E-state index contributed by atoms with van der Waals surface area (Å²) in [5, 5.41) is 11.1. The van der Waals surface area contributed by atoms with E-state index in [1.54, 1.807) is 18.2 Å². The summed E-state index contributed by atoms with van der Waals surface area (Å²) < 4.78 is 76.3. The molecule has 0 spiro atoms. The van der Waals surface area contributed by atoms with Crippen molar-refractivity contribution in [2.45, 2.75) is 13.8 Å². The lowest BCUT2D eigenvalue weighted by Gasteiger charge is -2.21. The molecule has 0 aliphatic rings. The molecule has 220 valence electrons. The fourth-order valence-electron chi connectivity index (χ4n) is 3.77. The molecule has 0 saturated heterocycles. The third-order valence-electron chi connectivity index (χ3n) is 5.45. The maximum Gasteiger partial charge on any atom is 0.306 e. The van der Waals surface area contributed by atoms with Crippen LogP contribution < -0.4 is 22.6 Å². The van der Waals surface area contributed by atoms with Crippen LogP contribution in [0.2, 0.25) is 0 Å². The molecule has 14 heteroatoms. The third kappa shape index (κ3) is 8.11. The highest BCUT2D eigenvalue weighted by Gasteiger charge is 2.27. The summed E-state index contributed by atoms with van der Waals surface area (Å²) in [4.78, 5) is 10.6. The number of nitro benzene ring substituents is 1. The molecule has 0 aromatic heterocycles. The largest absolute Gasteiger partial charge is 0.496 e. The second kappa shape index (κ2) is 12.5. The number of rotatable bonds is 12. The van der Waals surface area contributed by atoms with E-state index in [4.69, 9.17) is 22.6 Å². The predicted molar refractivity (Wildman–Crippen MR) is 153 cm³/mol. The first-order valence-corrected chi connectivity index (χ1v) is 15.5. The summed E-state index contributed by atoms with van der Waals surface area (Å²) in [6.45, 7) is 3.90. The van der Waals surface area contributed by atoms with Gasteiger partial charge in [-0.25, -0.2) is 0 Å². The summed E-state index contributed by atoms with van der Waals surface area (Å²) >= 11 is 0. The third-order valence-corrected chi connectivity index (χ3v) is 6.40. The van der Waals surface area contributed by atoms with Crippen LogP contribution in [-0.2, 0) is 20.2 Å². The molecule has 41 heavy (non-hydrogen) atoms. The standard InChI is InChI=1S/C27H29NO11S2/c1-17(2)13-14-37-22-12-9-19(15-23(22)38-40(5,31)32)25-24(35-3)16-21(18-7-10-20(11-8-18)28(29)30)26(36-4)27(25)39-41(6,33)34/h7-13,15-16H,14H2,1-6H3. The van der Waals surface area contributed by atoms with Crippen LogP contribution in [-0.4, -0.2) is 55.1 Å². The Morgan fingerprint density at radius 2 is 1.41 bits per heavy atom. The van der Waals surface area contributed by atoms with E-state index in [0.717, 1.165) is 18.1 Å². The molecule has 0 amide bonds. The van der Waals surface area contributed by atoms with Gasteiger partial charge in [-0.1, -0.05) is 11.6 Å². The molecule has 0 N–H and O–H groups in total. The molecule has 12 nitrogen and oxygen atoms in total. The van der Waals surface area contributed by atoms with Crippen molar-refractivity contribution in [1.82, 2.24) is 0 Å². The van der Waals surface area contributed by atoms with E-state index in [-0.39, 0.29) is 52.2 Å². The highest BCUT2D eigenvalue weighted by molar-refractivity contribution is 7.86. The number of hydrogen-bond donors (Lipinski definition) is 0. The van der Waals surface area contributed by atoms with Crippen LogP contribution in [0.15, 0.2) is 60.2 Å².